The number of halogens is 1. The van der Waals surface area contributed by atoms with Crippen molar-refractivity contribution in [2.75, 3.05) is 19.5 Å². The number of carbonyl (C=O) groups excluding carboxylic acids is 1. The molecule has 0 aromatic heterocycles. The first-order valence-corrected chi connectivity index (χ1v) is 7.64. The molecular weight excluding hydrogens is 380 g/mol. The van der Waals surface area contributed by atoms with Gasteiger partial charge in [0.25, 0.3) is 5.91 Å². The molecule has 0 aliphatic heterocycles. The van der Waals surface area contributed by atoms with E-state index in [0.29, 0.717) is 11.3 Å². The lowest BCUT2D eigenvalue weighted by molar-refractivity contribution is -0.385. The van der Waals surface area contributed by atoms with Crippen molar-refractivity contribution in [3.8, 4) is 11.5 Å². The van der Waals surface area contributed by atoms with Gasteiger partial charge in [0.2, 0.25) is 0 Å². The largest absolute Gasteiger partial charge is 0.496 e. The van der Waals surface area contributed by atoms with Crippen molar-refractivity contribution in [2.24, 2.45) is 0 Å². The molecule has 0 atom stereocenters. The molecule has 0 bridgehead atoms. The zero-order valence-electron chi connectivity index (χ0n) is 13.3. The third kappa shape index (κ3) is 3.65. The Morgan fingerprint density at radius 1 is 1.21 bits per heavy atom. The molecule has 24 heavy (non-hydrogen) atoms. The fourth-order valence-corrected chi connectivity index (χ4v) is 2.85. The van der Waals surface area contributed by atoms with Crippen LogP contribution >= 0.6 is 15.9 Å². The topological polar surface area (TPSA) is 90.7 Å². The van der Waals surface area contributed by atoms with Gasteiger partial charge in [0, 0.05) is 16.2 Å². The smallest absolute Gasteiger partial charge is 0.312 e. The number of methoxy groups -OCH3 is 2. The summed E-state index contributed by atoms with van der Waals surface area (Å²) in [5.41, 5.74) is 1.17. The molecule has 0 saturated carbocycles. The van der Waals surface area contributed by atoms with Crippen molar-refractivity contribution in [3.63, 3.8) is 0 Å². The SMILES string of the molecule is COc1ccc(NC(=O)c2cc(Br)cc(C)c2OC)cc1[N+](=O)[O-]. The first kappa shape index (κ1) is 17.7. The zero-order valence-corrected chi connectivity index (χ0v) is 14.8. The Bertz CT molecular complexity index is 807. The Kier molecular flexibility index (Phi) is 5.40. The van der Waals surface area contributed by atoms with E-state index in [-0.39, 0.29) is 17.1 Å². The van der Waals surface area contributed by atoms with Crippen LogP contribution in [-0.4, -0.2) is 25.1 Å². The molecule has 0 spiro atoms. The highest BCUT2D eigenvalue weighted by Gasteiger charge is 2.19. The van der Waals surface area contributed by atoms with Crippen LogP contribution in [0.5, 0.6) is 11.5 Å². The molecule has 0 aliphatic carbocycles. The van der Waals surface area contributed by atoms with Crippen LogP contribution in [-0.2, 0) is 0 Å². The van der Waals surface area contributed by atoms with Gasteiger partial charge in [0.05, 0.1) is 24.7 Å². The second-order valence-electron chi connectivity index (χ2n) is 4.90. The van der Waals surface area contributed by atoms with E-state index in [1.165, 1.54) is 32.4 Å². The number of hydrogen-bond donors (Lipinski definition) is 1. The molecule has 0 saturated heterocycles. The summed E-state index contributed by atoms with van der Waals surface area (Å²) in [6.45, 7) is 1.82. The number of nitrogens with zero attached hydrogens (tertiary/aromatic N) is 1. The number of benzene rings is 2. The Morgan fingerprint density at radius 2 is 1.92 bits per heavy atom. The Balaban J connectivity index is 2.37. The van der Waals surface area contributed by atoms with Crippen molar-refractivity contribution >= 4 is 33.2 Å². The number of ether oxygens (including phenoxy) is 2. The number of nitro benzene ring substituents is 1. The maximum atomic E-state index is 12.5. The van der Waals surface area contributed by atoms with Crippen LogP contribution in [0.4, 0.5) is 11.4 Å². The van der Waals surface area contributed by atoms with E-state index in [9.17, 15) is 14.9 Å². The standard InChI is InChI=1S/C16H15BrN2O5/c1-9-6-10(17)7-12(15(9)24-3)16(20)18-11-4-5-14(23-2)13(8-11)19(21)22/h4-8H,1-3H3,(H,18,20). The molecule has 1 amide bonds. The maximum Gasteiger partial charge on any atom is 0.312 e. The number of anilines is 1. The summed E-state index contributed by atoms with van der Waals surface area (Å²) >= 11 is 3.34. The van der Waals surface area contributed by atoms with Crippen molar-refractivity contribution in [1.29, 1.82) is 0 Å². The molecule has 1 N–H and O–H groups in total. The molecule has 0 heterocycles. The van der Waals surface area contributed by atoms with Crippen LogP contribution in [0, 0.1) is 17.0 Å². The average Bonchev–Trinajstić information content (AvgIpc) is 2.54. The van der Waals surface area contributed by atoms with Gasteiger partial charge >= 0.3 is 5.69 Å². The van der Waals surface area contributed by atoms with Crippen LogP contribution in [0.15, 0.2) is 34.8 Å². The molecule has 2 aromatic carbocycles. The van der Waals surface area contributed by atoms with Gasteiger partial charge in [0.15, 0.2) is 5.75 Å². The second kappa shape index (κ2) is 7.31. The van der Waals surface area contributed by atoms with E-state index in [1.54, 1.807) is 6.07 Å². The predicted octanol–water partition coefficient (Wildman–Crippen LogP) is 3.94. The fourth-order valence-electron chi connectivity index (χ4n) is 2.28. The molecule has 0 radical (unpaired) electrons. The average molecular weight is 395 g/mol. The van der Waals surface area contributed by atoms with E-state index in [0.717, 1.165) is 10.0 Å². The first-order chi connectivity index (χ1) is 11.4. The van der Waals surface area contributed by atoms with Crippen LogP contribution in [0.2, 0.25) is 0 Å². The number of rotatable bonds is 5. The summed E-state index contributed by atoms with van der Waals surface area (Å²) in [4.78, 5) is 23.0. The van der Waals surface area contributed by atoms with Crippen LogP contribution in [0.25, 0.3) is 0 Å². The lowest BCUT2D eigenvalue weighted by Gasteiger charge is -2.13. The van der Waals surface area contributed by atoms with Gasteiger partial charge in [-0.25, -0.2) is 0 Å². The van der Waals surface area contributed by atoms with Crippen molar-refractivity contribution in [1.82, 2.24) is 0 Å². The monoisotopic (exact) mass is 394 g/mol. The zero-order chi connectivity index (χ0) is 17.9. The van der Waals surface area contributed by atoms with E-state index in [2.05, 4.69) is 21.2 Å². The lowest BCUT2D eigenvalue weighted by Crippen LogP contribution is -2.14. The summed E-state index contributed by atoms with van der Waals surface area (Å²) in [7, 11) is 2.82. The van der Waals surface area contributed by atoms with E-state index in [4.69, 9.17) is 9.47 Å². The number of amides is 1. The molecule has 2 rings (SSSR count). The molecule has 0 aliphatic rings. The van der Waals surface area contributed by atoms with E-state index >= 15 is 0 Å². The van der Waals surface area contributed by atoms with Gasteiger partial charge in [-0.2, -0.15) is 0 Å². The van der Waals surface area contributed by atoms with Gasteiger partial charge in [-0.05, 0) is 36.8 Å². The van der Waals surface area contributed by atoms with Crippen LogP contribution < -0.4 is 14.8 Å². The number of nitro groups is 1. The number of hydrogen-bond acceptors (Lipinski definition) is 5. The summed E-state index contributed by atoms with van der Waals surface area (Å²) in [6, 6.07) is 7.65. The molecule has 0 fully saturated rings. The molecule has 2 aromatic rings. The van der Waals surface area contributed by atoms with Crippen molar-refractivity contribution in [3.05, 3.63) is 56.0 Å². The highest BCUT2D eigenvalue weighted by molar-refractivity contribution is 9.10. The maximum absolute atomic E-state index is 12.5. The Labute approximate surface area is 146 Å². The number of nitrogens with one attached hydrogen (secondary N) is 1. The fraction of sp³-hybridized carbons (Fsp3) is 0.188. The first-order valence-electron chi connectivity index (χ1n) is 6.85. The van der Waals surface area contributed by atoms with Gasteiger partial charge in [-0.1, -0.05) is 15.9 Å². The van der Waals surface area contributed by atoms with Crippen LogP contribution in [0.1, 0.15) is 15.9 Å². The summed E-state index contributed by atoms with van der Waals surface area (Å²) < 4.78 is 10.9. The van der Waals surface area contributed by atoms with E-state index in [1.807, 2.05) is 13.0 Å². The van der Waals surface area contributed by atoms with Gasteiger partial charge in [0.1, 0.15) is 5.75 Å². The number of carbonyl (C=O) groups is 1. The molecule has 126 valence electrons. The normalized spacial score (nSPS) is 10.2. The summed E-state index contributed by atoms with van der Waals surface area (Å²) in [6.07, 6.45) is 0. The Hall–Kier alpha value is -2.61. The minimum absolute atomic E-state index is 0.119. The molecule has 8 heteroatoms. The van der Waals surface area contributed by atoms with Crippen LogP contribution in [0.3, 0.4) is 0 Å². The quantitative estimate of drug-likeness (QED) is 0.612. The lowest BCUT2D eigenvalue weighted by atomic mass is 10.1. The third-order valence-electron chi connectivity index (χ3n) is 3.32. The second-order valence-corrected chi connectivity index (χ2v) is 5.82. The Morgan fingerprint density at radius 3 is 2.50 bits per heavy atom. The molecule has 0 unspecified atom stereocenters. The highest BCUT2D eigenvalue weighted by atomic mass is 79.9. The van der Waals surface area contributed by atoms with Crippen molar-refractivity contribution in [2.45, 2.75) is 6.92 Å². The summed E-state index contributed by atoms with van der Waals surface area (Å²) in [5.74, 6) is 0.128. The predicted molar refractivity (Wildman–Crippen MR) is 93.0 cm³/mol. The minimum atomic E-state index is -0.571. The minimum Gasteiger partial charge on any atom is -0.496 e. The summed E-state index contributed by atoms with van der Waals surface area (Å²) in [5, 5.41) is 13.7. The third-order valence-corrected chi connectivity index (χ3v) is 3.78. The van der Waals surface area contributed by atoms with Crippen molar-refractivity contribution < 1.29 is 19.2 Å². The number of aryl methyl sites for hydroxylation is 1. The molecular formula is C16H15BrN2O5. The molecule has 7 nitrogen and oxygen atoms in total. The van der Waals surface area contributed by atoms with E-state index < -0.39 is 10.8 Å². The van der Waals surface area contributed by atoms with Gasteiger partial charge in [-0.15, -0.1) is 0 Å². The van der Waals surface area contributed by atoms with Gasteiger partial charge < -0.3 is 14.8 Å². The van der Waals surface area contributed by atoms with Gasteiger partial charge in [-0.3, -0.25) is 14.9 Å². The highest BCUT2D eigenvalue weighted by Crippen LogP contribution is 2.31.